The van der Waals surface area contributed by atoms with Gasteiger partial charge in [-0.05, 0) is 48.2 Å². The molecule has 4 aromatic rings. The molecule has 7 rings (SSSR count). The maximum Gasteiger partial charge on any atom is 0.238 e. The third kappa shape index (κ3) is 3.06. The van der Waals surface area contributed by atoms with E-state index in [1.54, 1.807) is 12.1 Å². The lowest BCUT2D eigenvalue weighted by Crippen LogP contribution is -2.49. The van der Waals surface area contributed by atoms with Gasteiger partial charge < -0.3 is 4.90 Å². The third-order valence-corrected chi connectivity index (χ3v) is 9.14. The van der Waals surface area contributed by atoms with Crippen molar-refractivity contribution in [2.75, 3.05) is 23.9 Å². The molecule has 3 aliphatic rings. The molecule has 0 N–H and O–H groups in total. The number of para-hydroxylation sites is 2. The van der Waals surface area contributed by atoms with Crippen LogP contribution in [-0.4, -0.2) is 41.5 Å². The first-order valence-electron chi connectivity index (χ1n) is 13.6. The highest BCUT2D eigenvalue weighted by atomic mass is 16.2. The van der Waals surface area contributed by atoms with Gasteiger partial charge in [-0.15, -0.1) is 0 Å². The summed E-state index contributed by atoms with van der Waals surface area (Å²) in [5.74, 6) is -2.03. The van der Waals surface area contributed by atoms with E-state index in [9.17, 15) is 14.4 Å². The Morgan fingerprint density at radius 3 is 1.88 bits per heavy atom. The summed E-state index contributed by atoms with van der Waals surface area (Å²) in [7, 11) is 3.97. The highest BCUT2D eigenvalue weighted by molar-refractivity contribution is 6.31. The number of piperidine rings is 1. The number of amides is 2. The molecule has 7 heteroatoms. The molecule has 2 aliphatic carbocycles. The van der Waals surface area contributed by atoms with Crippen LogP contribution in [0, 0.1) is 22.7 Å². The van der Waals surface area contributed by atoms with Crippen molar-refractivity contribution in [2.24, 2.45) is 22.7 Å². The van der Waals surface area contributed by atoms with Crippen molar-refractivity contribution in [3.63, 3.8) is 0 Å². The van der Waals surface area contributed by atoms with Crippen LogP contribution in [0.3, 0.4) is 0 Å². The van der Waals surface area contributed by atoms with Gasteiger partial charge in [-0.25, -0.2) is 9.58 Å². The number of Topliss-reactive ketones (excluding diaryl/α,β-unsaturated/α-hetero) is 1. The minimum absolute atomic E-state index is 0.142. The fraction of sp³-hybridized carbons (Fsp3) is 0.273. The van der Waals surface area contributed by atoms with E-state index in [2.05, 4.69) is 0 Å². The van der Waals surface area contributed by atoms with Gasteiger partial charge in [0.05, 0.1) is 45.6 Å². The molecule has 1 spiro atoms. The first-order valence-corrected chi connectivity index (χ1v) is 13.6. The molecular weight excluding hydrogens is 500 g/mol. The molecule has 0 radical (unpaired) electrons. The van der Waals surface area contributed by atoms with Gasteiger partial charge in [-0.3, -0.25) is 14.4 Å². The monoisotopic (exact) mass is 530 g/mol. The van der Waals surface area contributed by atoms with E-state index >= 15 is 0 Å². The molecule has 40 heavy (non-hydrogen) atoms. The van der Waals surface area contributed by atoms with Gasteiger partial charge in [0.1, 0.15) is 0 Å². The molecule has 200 valence electrons. The predicted octanol–water partition coefficient (Wildman–Crippen LogP) is 5.18. The Hall–Kier alpha value is -4.52. The number of imide groups is 1. The summed E-state index contributed by atoms with van der Waals surface area (Å²) in [6.45, 7) is 4.01. The highest BCUT2D eigenvalue weighted by Crippen LogP contribution is 2.75. The second-order valence-corrected chi connectivity index (χ2v) is 11.9. The van der Waals surface area contributed by atoms with Crippen molar-refractivity contribution in [2.45, 2.75) is 20.3 Å². The summed E-state index contributed by atoms with van der Waals surface area (Å²) in [6, 6.07) is 26.8. The molecule has 0 bridgehead atoms. The summed E-state index contributed by atoms with van der Waals surface area (Å²) < 4.78 is 1.85. The molecule has 1 aliphatic heterocycles. The average Bonchev–Trinajstić information content (AvgIpc) is 3.44. The van der Waals surface area contributed by atoms with E-state index in [0.717, 1.165) is 16.9 Å². The zero-order chi connectivity index (χ0) is 28.0. The molecule has 1 saturated carbocycles. The molecule has 2 atom stereocenters. The van der Waals surface area contributed by atoms with Crippen molar-refractivity contribution in [1.82, 2.24) is 9.78 Å². The smallest absolute Gasteiger partial charge is 0.238 e. The molecule has 2 fully saturated rings. The van der Waals surface area contributed by atoms with E-state index in [1.807, 2.05) is 110 Å². The Bertz CT molecular complexity index is 1660. The number of hydrogen-bond donors (Lipinski definition) is 0. The van der Waals surface area contributed by atoms with Gasteiger partial charge in [-0.2, -0.15) is 5.10 Å². The van der Waals surface area contributed by atoms with Gasteiger partial charge in [0, 0.05) is 25.3 Å². The minimum atomic E-state index is -1.08. The quantitative estimate of drug-likeness (QED) is 0.340. The van der Waals surface area contributed by atoms with Crippen LogP contribution >= 0.6 is 0 Å². The van der Waals surface area contributed by atoms with Crippen molar-refractivity contribution < 1.29 is 14.4 Å². The van der Waals surface area contributed by atoms with E-state index in [4.69, 9.17) is 5.10 Å². The molecule has 7 nitrogen and oxygen atoms in total. The molecule has 3 aromatic carbocycles. The van der Waals surface area contributed by atoms with Gasteiger partial charge in [0.15, 0.2) is 5.78 Å². The van der Waals surface area contributed by atoms with Gasteiger partial charge in [-0.1, -0.05) is 62.4 Å². The second-order valence-electron chi connectivity index (χ2n) is 11.9. The number of fused-ring (bicyclic) bond motifs is 4. The molecule has 2 unspecified atom stereocenters. The van der Waals surface area contributed by atoms with Gasteiger partial charge in [0.25, 0.3) is 0 Å². The molecule has 2 amide bonds. The maximum atomic E-state index is 14.8. The van der Waals surface area contributed by atoms with Crippen molar-refractivity contribution in [3.05, 3.63) is 96.2 Å². The average molecular weight is 531 g/mol. The lowest BCUT2D eigenvalue weighted by atomic mass is 9.61. The molecular formula is C33H30N4O3. The highest BCUT2D eigenvalue weighted by Gasteiger charge is 2.85. The third-order valence-electron chi connectivity index (χ3n) is 9.14. The zero-order valence-corrected chi connectivity index (χ0v) is 23.0. The van der Waals surface area contributed by atoms with Crippen molar-refractivity contribution in [3.8, 4) is 16.9 Å². The minimum Gasteiger partial charge on any atom is -0.378 e. The van der Waals surface area contributed by atoms with Gasteiger partial charge in [0.2, 0.25) is 11.8 Å². The summed E-state index contributed by atoms with van der Waals surface area (Å²) in [5, 5.41) is 4.99. The first-order chi connectivity index (χ1) is 19.2. The Morgan fingerprint density at radius 2 is 1.32 bits per heavy atom. The van der Waals surface area contributed by atoms with Crippen LogP contribution in [0.4, 0.5) is 11.4 Å². The standard InChI is InChI=1S/C33H30N4O3/c1-32(2)19-24-25(29(38)33(32)26-27(33)31(40)36(30(26)39)22-11-7-5-8-12-22)28(20-15-17-21(18-16-20)35(3)4)37(34-24)23-13-9-6-10-14-23/h5-18,26-27H,19H2,1-4H3. The van der Waals surface area contributed by atoms with Crippen LogP contribution in [0.1, 0.15) is 29.9 Å². The number of benzene rings is 3. The van der Waals surface area contributed by atoms with E-state index < -0.39 is 22.7 Å². The summed E-state index contributed by atoms with van der Waals surface area (Å²) in [4.78, 5) is 45.7. The van der Waals surface area contributed by atoms with E-state index in [0.29, 0.717) is 29.1 Å². The van der Waals surface area contributed by atoms with Crippen molar-refractivity contribution in [1.29, 1.82) is 0 Å². The second kappa shape index (κ2) is 8.24. The van der Waals surface area contributed by atoms with E-state index in [1.165, 1.54) is 4.90 Å². The number of aromatic nitrogens is 2. The van der Waals surface area contributed by atoms with Crippen LogP contribution in [0.5, 0.6) is 0 Å². The van der Waals surface area contributed by atoms with E-state index in [-0.39, 0.29) is 17.6 Å². The number of carbonyl (C=O) groups excluding carboxylic acids is 3. The topological polar surface area (TPSA) is 75.5 Å². The predicted molar refractivity (Wildman–Crippen MR) is 153 cm³/mol. The number of anilines is 2. The first kappa shape index (κ1) is 24.5. The van der Waals surface area contributed by atoms with Crippen LogP contribution in [0.2, 0.25) is 0 Å². The fourth-order valence-corrected chi connectivity index (χ4v) is 7.25. The number of rotatable bonds is 4. The number of carbonyl (C=O) groups is 3. The molecule has 1 aromatic heterocycles. The number of hydrogen-bond acceptors (Lipinski definition) is 5. The summed E-state index contributed by atoms with van der Waals surface area (Å²) >= 11 is 0. The Balaban J connectivity index is 1.39. The summed E-state index contributed by atoms with van der Waals surface area (Å²) in [5.41, 5.74) is 3.55. The van der Waals surface area contributed by atoms with Crippen LogP contribution in [0.25, 0.3) is 16.9 Å². The zero-order valence-electron chi connectivity index (χ0n) is 23.0. The Labute approximate surface area is 233 Å². The molecule has 1 saturated heterocycles. The molecule has 2 heterocycles. The van der Waals surface area contributed by atoms with Gasteiger partial charge >= 0.3 is 0 Å². The SMILES string of the molecule is CN(C)c1ccc(-c2c3c(nn2-c2ccccc2)CC(C)(C)C2(C3=O)C3C(=O)N(c4ccccc4)C(=O)C32)cc1. The largest absolute Gasteiger partial charge is 0.378 e. The number of ketones is 1. The lowest BCUT2D eigenvalue weighted by molar-refractivity contribution is -0.126. The maximum absolute atomic E-state index is 14.8. The van der Waals surface area contributed by atoms with Crippen LogP contribution in [0.15, 0.2) is 84.9 Å². The van der Waals surface area contributed by atoms with Crippen LogP contribution in [-0.2, 0) is 16.0 Å². The van der Waals surface area contributed by atoms with Crippen LogP contribution < -0.4 is 9.80 Å². The Morgan fingerprint density at radius 1 is 0.775 bits per heavy atom. The lowest BCUT2D eigenvalue weighted by Gasteiger charge is -2.40. The van der Waals surface area contributed by atoms with Crippen molar-refractivity contribution >= 4 is 29.0 Å². The summed E-state index contributed by atoms with van der Waals surface area (Å²) in [6.07, 6.45) is 0.496. The number of nitrogens with zero attached hydrogens (tertiary/aromatic N) is 4. The fourth-order valence-electron chi connectivity index (χ4n) is 7.25. The Kier molecular flexibility index (Phi) is 5.05. The normalized spacial score (nSPS) is 24.3.